The van der Waals surface area contributed by atoms with Crippen LogP contribution in [0.15, 0.2) is 361 Å². The Morgan fingerprint density at radius 3 is 1.01 bits per heavy atom. The van der Waals surface area contributed by atoms with Gasteiger partial charge in [-0.3, -0.25) is 0 Å². The molecule has 0 amide bonds. The Hall–Kier alpha value is -14.3. The smallest absolute Gasteiger partial charge is 0.136 e. The minimum Gasteiger partial charge on any atom is -0.456 e. The van der Waals surface area contributed by atoms with Gasteiger partial charge in [-0.2, -0.15) is 0 Å². The number of furan rings is 2. The Morgan fingerprint density at radius 1 is 0.167 bits per heavy atom. The second kappa shape index (κ2) is 24.6. The standard InChI is InChI=1S/C62H43NO.C54H39NO/c1-61(2)55-33-40(25-30-48(55)53-35-58-54(34-56(53)61)49-19-11-12-20-57(49)64-58)63(39-24-29-47-45-17-8-7-15-43(45)44-16-9-10-18-46(44)52(47)32-39)38-23-28-42-37(31-38)22-27-51-50-26-21-36-13-5-6-14-41(36)59(50)62(3,4)60(42)51;1-53(2)47-27-35-14-8-7-13-34(35)25-43(47)44-26-36-18-20-39(24-37(36)28-48(44)53)55(38-19-17-32-11-5-6-12-33(32)23-38)40-21-22-41-45-31-52-46(42-15-9-10-16-51(42)56-52)30-50(45)54(3,4)49(41)29-40/h5-35H,1-4H3;5-31H,1-4H3. The molecule has 4 nitrogen and oxygen atoms in total. The zero-order valence-electron chi connectivity index (χ0n) is 68.2. The molecule has 4 aliphatic carbocycles. The van der Waals surface area contributed by atoms with Gasteiger partial charge in [0.05, 0.1) is 0 Å². The minimum absolute atomic E-state index is 0.106. The molecule has 22 aromatic rings. The van der Waals surface area contributed by atoms with Gasteiger partial charge < -0.3 is 18.6 Å². The van der Waals surface area contributed by atoms with Crippen molar-refractivity contribution in [1.29, 1.82) is 0 Å². The first-order valence-electron chi connectivity index (χ1n) is 42.3. The van der Waals surface area contributed by atoms with E-state index in [9.17, 15) is 0 Å². The van der Waals surface area contributed by atoms with E-state index in [4.69, 9.17) is 8.83 Å². The van der Waals surface area contributed by atoms with Crippen LogP contribution in [0.25, 0.3) is 175 Å². The summed E-state index contributed by atoms with van der Waals surface area (Å²) in [5.41, 5.74) is 31.3. The Labute approximate surface area is 696 Å². The summed E-state index contributed by atoms with van der Waals surface area (Å²) in [6.45, 7) is 19.1. The quantitative estimate of drug-likeness (QED) is 0.155. The summed E-state index contributed by atoms with van der Waals surface area (Å²) in [4.78, 5) is 4.94. The summed E-state index contributed by atoms with van der Waals surface area (Å²) in [7, 11) is 0. The molecule has 0 spiro atoms. The number of hydrogen-bond donors (Lipinski definition) is 0. The van der Waals surface area contributed by atoms with Crippen LogP contribution in [-0.4, -0.2) is 0 Å². The number of benzene rings is 20. The lowest BCUT2D eigenvalue weighted by Crippen LogP contribution is -2.17. The van der Waals surface area contributed by atoms with Gasteiger partial charge in [-0.25, -0.2) is 0 Å². The highest BCUT2D eigenvalue weighted by atomic mass is 16.3. The normalized spacial score (nSPS) is 14.6. The third kappa shape index (κ3) is 9.76. The molecule has 0 bridgehead atoms. The van der Waals surface area contributed by atoms with Crippen molar-refractivity contribution in [2.45, 2.75) is 77.0 Å². The van der Waals surface area contributed by atoms with Crippen molar-refractivity contribution >= 4 is 164 Å². The number of hydrogen-bond acceptors (Lipinski definition) is 4. The van der Waals surface area contributed by atoms with E-state index in [-0.39, 0.29) is 21.7 Å². The van der Waals surface area contributed by atoms with Crippen LogP contribution >= 0.6 is 0 Å². The number of para-hydroxylation sites is 2. The van der Waals surface area contributed by atoms with Gasteiger partial charge in [0.25, 0.3) is 0 Å². The molecular formula is C116H82N2O2. The third-order valence-corrected chi connectivity index (χ3v) is 28.3. The first kappa shape index (κ1) is 68.9. The Bertz CT molecular complexity index is 8290. The average Bonchev–Trinajstić information content (AvgIpc) is 1.52. The van der Waals surface area contributed by atoms with Crippen LogP contribution in [0.2, 0.25) is 0 Å². The van der Waals surface area contributed by atoms with E-state index in [1.54, 1.807) is 0 Å². The van der Waals surface area contributed by atoms with E-state index in [1.165, 1.54) is 191 Å². The lowest BCUT2D eigenvalue weighted by Gasteiger charge is -2.29. The SMILES string of the molecule is CC1(C)c2cc(N(c3ccc4c5c(ccc4c3)-c3ccc4ccccc4c3C5(C)C)c3ccc4c5ccccc5c5ccccc5c4c3)ccc2-c2cc3oc4ccccc4c3cc21.CC1(C)c2cc3ccccc3cc2-c2cc3ccc(N(c4ccc5c(c4)C(C)(C)c4cc6c(cc4-5)oc4ccccc46)c4ccc5ccccc5c4)cc3cc21. The van der Waals surface area contributed by atoms with Gasteiger partial charge in [0, 0.05) is 77.3 Å². The number of anilines is 6. The average molecular weight is 1540 g/mol. The predicted molar refractivity (Wildman–Crippen MR) is 507 cm³/mol. The molecule has 0 atom stereocenters. The Kier molecular flexibility index (Phi) is 14.1. The highest BCUT2D eigenvalue weighted by Crippen LogP contribution is 2.59. The highest BCUT2D eigenvalue weighted by molar-refractivity contribution is 6.26. The summed E-state index contributed by atoms with van der Waals surface area (Å²) in [6.07, 6.45) is 0. The molecule has 4 aliphatic rings. The van der Waals surface area contributed by atoms with E-state index < -0.39 is 0 Å². The second-order valence-electron chi connectivity index (χ2n) is 36.2. The van der Waals surface area contributed by atoms with Crippen LogP contribution in [0, 0.1) is 0 Å². The van der Waals surface area contributed by atoms with Crippen LogP contribution in [0.5, 0.6) is 0 Å². The Balaban J connectivity index is 0.000000134. The molecule has 26 rings (SSSR count). The molecule has 0 aliphatic heterocycles. The van der Waals surface area contributed by atoms with Gasteiger partial charge in [0.15, 0.2) is 0 Å². The lowest BCUT2D eigenvalue weighted by molar-refractivity contribution is 0.657. The number of nitrogens with zero attached hydrogens (tertiary/aromatic N) is 2. The topological polar surface area (TPSA) is 32.8 Å². The van der Waals surface area contributed by atoms with Crippen molar-refractivity contribution in [1.82, 2.24) is 0 Å². The molecule has 0 N–H and O–H groups in total. The van der Waals surface area contributed by atoms with Crippen molar-refractivity contribution in [3.63, 3.8) is 0 Å². The molecule has 0 unspecified atom stereocenters. The summed E-state index contributed by atoms with van der Waals surface area (Å²) >= 11 is 0. The third-order valence-electron chi connectivity index (χ3n) is 28.3. The van der Waals surface area contributed by atoms with E-state index in [2.05, 4.69) is 411 Å². The molecule has 0 saturated carbocycles. The van der Waals surface area contributed by atoms with Gasteiger partial charge in [0.1, 0.15) is 22.3 Å². The van der Waals surface area contributed by atoms with Gasteiger partial charge in [-0.15, -0.1) is 0 Å². The molecule has 568 valence electrons. The van der Waals surface area contributed by atoms with Crippen LogP contribution in [0.3, 0.4) is 0 Å². The van der Waals surface area contributed by atoms with Crippen molar-refractivity contribution in [3.05, 3.63) is 396 Å². The summed E-state index contributed by atoms with van der Waals surface area (Å²) in [5, 5.41) is 25.1. The molecule has 120 heavy (non-hydrogen) atoms. The fourth-order valence-corrected chi connectivity index (χ4v) is 22.3. The minimum atomic E-state index is -0.230. The van der Waals surface area contributed by atoms with Crippen LogP contribution < -0.4 is 9.80 Å². The van der Waals surface area contributed by atoms with Crippen LogP contribution in [-0.2, 0) is 21.7 Å². The van der Waals surface area contributed by atoms with Crippen LogP contribution in [0.1, 0.15) is 99.9 Å². The van der Waals surface area contributed by atoms with Crippen molar-refractivity contribution in [2.24, 2.45) is 0 Å². The van der Waals surface area contributed by atoms with Crippen LogP contribution in [0.4, 0.5) is 34.1 Å². The largest absolute Gasteiger partial charge is 0.456 e. The second-order valence-corrected chi connectivity index (χ2v) is 36.2. The Morgan fingerprint density at radius 2 is 0.475 bits per heavy atom. The number of rotatable bonds is 6. The molecular weight excluding hydrogens is 1450 g/mol. The fourth-order valence-electron chi connectivity index (χ4n) is 22.3. The summed E-state index contributed by atoms with van der Waals surface area (Å²) in [5.74, 6) is 0. The highest BCUT2D eigenvalue weighted by Gasteiger charge is 2.42. The molecule has 2 heterocycles. The first-order chi connectivity index (χ1) is 58.5. The predicted octanol–water partition coefficient (Wildman–Crippen LogP) is 32.6. The zero-order valence-corrected chi connectivity index (χ0v) is 68.2. The summed E-state index contributed by atoms with van der Waals surface area (Å²) < 4.78 is 12.8. The molecule has 0 saturated heterocycles. The van der Waals surface area contributed by atoms with Crippen molar-refractivity contribution in [2.75, 3.05) is 9.80 Å². The molecule has 0 fully saturated rings. The van der Waals surface area contributed by atoms with Gasteiger partial charge in [-0.05, 0) is 309 Å². The number of fused-ring (bicyclic) bond motifs is 31. The molecule has 0 radical (unpaired) electrons. The maximum Gasteiger partial charge on any atom is 0.136 e. The lowest BCUT2D eigenvalue weighted by atomic mass is 9.78. The van der Waals surface area contributed by atoms with Crippen molar-refractivity contribution in [3.8, 4) is 44.5 Å². The maximum atomic E-state index is 6.44. The van der Waals surface area contributed by atoms with Crippen molar-refractivity contribution < 1.29 is 8.83 Å². The van der Waals surface area contributed by atoms with E-state index >= 15 is 0 Å². The van der Waals surface area contributed by atoms with E-state index in [0.717, 1.165) is 61.8 Å². The first-order valence-corrected chi connectivity index (χ1v) is 42.3. The summed E-state index contributed by atoms with van der Waals surface area (Å²) in [6, 6.07) is 131. The van der Waals surface area contributed by atoms with Gasteiger partial charge >= 0.3 is 0 Å². The maximum absolute atomic E-state index is 6.44. The molecule has 4 heteroatoms. The zero-order chi connectivity index (χ0) is 80.1. The van der Waals surface area contributed by atoms with Gasteiger partial charge in [-0.1, -0.05) is 274 Å². The molecule has 2 aromatic heterocycles. The molecule has 20 aromatic carbocycles. The van der Waals surface area contributed by atoms with Gasteiger partial charge in [0.2, 0.25) is 0 Å². The monoisotopic (exact) mass is 1530 g/mol. The fraction of sp³-hybridized carbons (Fsp3) is 0.103. The van der Waals surface area contributed by atoms with E-state index in [1.807, 2.05) is 6.07 Å². The van der Waals surface area contributed by atoms with E-state index in [0.29, 0.717) is 0 Å².